The number of aromatic nitrogens is 5. The summed E-state index contributed by atoms with van der Waals surface area (Å²) in [6, 6.07) is 2.85. The second kappa shape index (κ2) is 13.8. The van der Waals surface area contributed by atoms with Crippen LogP contribution in [0.15, 0.2) is 30.9 Å². The Morgan fingerprint density at radius 1 is 0.750 bits per heavy atom. The van der Waals surface area contributed by atoms with Crippen LogP contribution in [0.3, 0.4) is 0 Å². The summed E-state index contributed by atoms with van der Waals surface area (Å²) in [6.45, 7) is 16.3. The van der Waals surface area contributed by atoms with Gasteiger partial charge in [-0.15, -0.1) is 5.10 Å². The summed E-state index contributed by atoms with van der Waals surface area (Å²) in [4.78, 5) is 0. The minimum Gasteiger partial charge on any atom is -0.270 e. The first-order valence-electron chi connectivity index (χ1n) is 7.46. The largest absolute Gasteiger partial charge is 0.270 e. The molecule has 0 amide bonds. The molecule has 0 spiro atoms. The molecule has 0 unspecified atom stereocenters. The second-order valence-corrected chi connectivity index (χ2v) is 4.06. The predicted octanol–water partition coefficient (Wildman–Crippen LogP) is 4.38. The highest BCUT2D eigenvalue weighted by Crippen LogP contribution is 1.98. The Morgan fingerprint density at radius 2 is 1.30 bits per heavy atom. The van der Waals surface area contributed by atoms with Crippen LogP contribution < -0.4 is 0 Å². The molecule has 0 fully saturated rings. The summed E-state index contributed by atoms with van der Waals surface area (Å²) in [6.07, 6.45) is 7.29. The number of hydrogen-bond donors (Lipinski definition) is 0. The molecule has 2 rings (SSSR count). The van der Waals surface area contributed by atoms with Gasteiger partial charge in [0.15, 0.2) is 0 Å². The van der Waals surface area contributed by atoms with Crippen LogP contribution in [0.2, 0.25) is 0 Å². The molecule has 0 aliphatic heterocycles. The maximum absolute atomic E-state index is 4.03. The molecule has 0 saturated carbocycles. The minimum atomic E-state index is 0.428. The lowest BCUT2D eigenvalue weighted by Gasteiger charge is -2.01. The van der Waals surface area contributed by atoms with E-state index in [0.717, 1.165) is 0 Å². The van der Waals surface area contributed by atoms with Gasteiger partial charge < -0.3 is 0 Å². The van der Waals surface area contributed by atoms with Crippen molar-refractivity contribution in [3.8, 4) is 0 Å². The van der Waals surface area contributed by atoms with E-state index in [1.807, 2.05) is 50.8 Å². The summed E-state index contributed by atoms with van der Waals surface area (Å²) in [5.41, 5.74) is 0. The Kier molecular flexibility index (Phi) is 14.2. The molecule has 5 nitrogen and oxygen atoms in total. The van der Waals surface area contributed by atoms with Gasteiger partial charge in [0.25, 0.3) is 0 Å². The van der Waals surface area contributed by atoms with Gasteiger partial charge in [-0.3, -0.25) is 9.36 Å². The van der Waals surface area contributed by atoms with Crippen molar-refractivity contribution in [2.75, 3.05) is 0 Å². The molecule has 0 radical (unpaired) electrons. The van der Waals surface area contributed by atoms with Crippen LogP contribution in [-0.4, -0.2) is 24.8 Å². The Morgan fingerprint density at radius 3 is 1.50 bits per heavy atom. The third kappa shape index (κ3) is 9.30. The van der Waals surface area contributed by atoms with Gasteiger partial charge in [-0.2, -0.15) is 5.10 Å². The highest BCUT2D eigenvalue weighted by atomic mass is 15.4. The fourth-order valence-corrected chi connectivity index (χ4v) is 1.08. The minimum absolute atomic E-state index is 0.428. The first-order chi connectivity index (χ1) is 9.61. The topological polar surface area (TPSA) is 48.5 Å². The van der Waals surface area contributed by atoms with Crippen LogP contribution in [-0.2, 0) is 0 Å². The highest BCUT2D eigenvalue weighted by molar-refractivity contribution is 4.79. The quantitative estimate of drug-likeness (QED) is 0.821. The summed E-state index contributed by atoms with van der Waals surface area (Å²) >= 11 is 0. The van der Waals surface area contributed by atoms with Crippen molar-refractivity contribution in [1.29, 1.82) is 0 Å². The molecule has 2 aromatic rings. The summed E-state index contributed by atoms with van der Waals surface area (Å²) in [5, 5.41) is 11.5. The molecule has 0 N–H and O–H groups in total. The monoisotopic (exact) mass is 281 g/mol. The van der Waals surface area contributed by atoms with E-state index < -0.39 is 0 Å². The zero-order valence-corrected chi connectivity index (χ0v) is 14.3. The van der Waals surface area contributed by atoms with Gasteiger partial charge in [0.2, 0.25) is 0 Å². The van der Waals surface area contributed by atoms with Crippen molar-refractivity contribution in [3.05, 3.63) is 30.9 Å². The molecule has 0 bridgehead atoms. The van der Waals surface area contributed by atoms with Crippen molar-refractivity contribution in [2.24, 2.45) is 0 Å². The molecule has 2 aromatic heterocycles. The number of nitrogens with zero attached hydrogens (tertiary/aromatic N) is 5. The lowest BCUT2D eigenvalue weighted by atomic mass is 10.4. The van der Waals surface area contributed by atoms with Crippen molar-refractivity contribution >= 4 is 0 Å². The van der Waals surface area contributed by atoms with Gasteiger partial charge in [0.05, 0.1) is 6.20 Å². The number of rotatable bonds is 2. The average molecular weight is 281 g/mol. The first kappa shape index (κ1) is 20.7. The van der Waals surface area contributed by atoms with Crippen LogP contribution in [0.4, 0.5) is 0 Å². The van der Waals surface area contributed by atoms with Gasteiger partial charge >= 0.3 is 0 Å². The second-order valence-electron chi connectivity index (χ2n) is 4.06. The highest BCUT2D eigenvalue weighted by Gasteiger charge is 1.93. The van der Waals surface area contributed by atoms with Gasteiger partial charge in [-0.25, -0.2) is 0 Å². The molecule has 0 aliphatic rings. The Balaban J connectivity index is 0. The Bertz CT molecular complexity index is 325. The maximum Gasteiger partial charge on any atom is 0.0693 e. The molecule has 5 heteroatoms. The molecule has 20 heavy (non-hydrogen) atoms. The molecule has 116 valence electrons. The molecular formula is C15H31N5. The lowest BCUT2D eigenvalue weighted by Crippen LogP contribution is -2.00. The fourth-order valence-electron chi connectivity index (χ4n) is 1.08. The smallest absolute Gasteiger partial charge is 0.0693 e. The van der Waals surface area contributed by atoms with E-state index in [0.29, 0.717) is 12.1 Å². The predicted molar refractivity (Wildman–Crippen MR) is 85.7 cm³/mol. The van der Waals surface area contributed by atoms with Crippen LogP contribution >= 0.6 is 0 Å². The average Bonchev–Trinajstić information content (AvgIpc) is 3.17. The maximum atomic E-state index is 4.03. The van der Waals surface area contributed by atoms with Gasteiger partial charge in [-0.1, -0.05) is 32.9 Å². The molecule has 0 aromatic carbocycles. The van der Waals surface area contributed by atoms with Crippen molar-refractivity contribution < 1.29 is 0 Å². The lowest BCUT2D eigenvalue weighted by molar-refractivity contribution is 0.514. The van der Waals surface area contributed by atoms with E-state index in [9.17, 15) is 0 Å². The van der Waals surface area contributed by atoms with E-state index >= 15 is 0 Å². The number of hydrogen-bond acceptors (Lipinski definition) is 3. The Labute approximate surface area is 124 Å². The van der Waals surface area contributed by atoms with E-state index in [1.165, 1.54) is 0 Å². The van der Waals surface area contributed by atoms with Crippen molar-refractivity contribution in [2.45, 2.75) is 67.5 Å². The molecule has 0 saturated heterocycles. The van der Waals surface area contributed by atoms with Crippen LogP contribution in [0.1, 0.15) is 67.5 Å². The molecule has 2 heterocycles. The van der Waals surface area contributed by atoms with Gasteiger partial charge in [0, 0.05) is 30.7 Å². The standard InChI is InChI=1S/C6H10N2.C5H9N3.2C2H6/c1-6(2)8-5-3-4-7-8;1-5(2)8-4-3-6-7-8;2*1-2/h3-6H,1-2H3;3-5H,1-2H3;2*1-2H3. The first-order valence-corrected chi connectivity index (χ1v) is 7.46. The molecular weight excluding hydrogens is 250 g/mol. The van der Waals surface area contributed by atoms with Crippen molar-refractivity contribution in [3.63, 3.8) is 0 Å². The van der Waals surface area contributed by atoms with Crippen LogP contribution in [0.25, 0.3) is 0 Å². The Hall–Kier alpha value is -1.65. The van der Waals surface area contributed by atoms with E-state index in [1.54, 1.807) is 17.1 Å². The molecule has 0 atom stereocenters. The van der Waals surface area contributed by atoms with Gasteiger partial charge in [0.1, 0.15) is 0 Å². The summed E-state index contributed by atoms with van der Waals surface area (Å²) in [5.74, 6) is 0. The normalized spacial score (nSPS) is 8.90. The van der Waals surface area contributed by atoms with Crippen LogP contribution in [0, 0.1) is 0 Å². The van der Waals surface area contributed by atoms with Crippen molar-refractivity contribution in [1.82, 2.24) is 24.8 Å². The summed E-state index contributed by atoms with van der Waals surface area (Å²) < 4.78 is 3.72. The third-order valence-corrected chi connectivity index (χ3v) is 2.02. The summed E-state index contributed by atoms with van der Waals surface area (Å²) in [7, 11) is 0. The van der Waals surface area contributed by atoms with E-state index in [4.69, 9.17) is 0 Å². The van der Waals surface area contributed by atoms with E-state index in [-0.39, 0.29) is 0 Å². The zero-order chi connectivity index (χ0) is 16.0. The zero-order valence-electron chi connectivity index (χ0n) is 14.3. The third-order valence-electron chi connectivity index (χ3n) is 2.02. The molecule has 0 aliphatic carbocycles. The van der Waals surface area contributed by atoms with E-state index in [2.05, 4.69) is 43.1 Å². The van der Waals surface area contributed by atoms with Gasteiger partial charge in [-0.05, 0) is 33.8 Å². The SMILES string of the molecule is CC.CC.CC(C)n1cccn1.CC(C)n1ccnn1. The fraction of sp³-hybridized carbons (Fsp3) is 0.667. The van der Waals surface area contributed by atoms with Crippen LogP contribution in [0.5, 0.6) is 0 Å².